The van der Waals surface area contributed by atoms with E-state index in [-0.39, 0.29) is 5.97 Å². The molecule has 0 heterocycles. The topological polar surface area (TPSA) is 35.5 Å². The van der Waals surface area contributed by atoms with Crippen molar-refractivity contribution in [2.24, 2.45) is 5.92 Å². The second kappa shape index (κ2) is 6.78. The lowest BCUT2D eigenvalue weighted by molar-refractivity contribution is 0.0596. The second-order valence-electron chi connectivity index (χ2n) is 4.48. The molecule has 0 spiro atoms. The number of esters is 1. The van der Waals surface area contributed by atoms with Gasteiger partial charge in [-0.1, -0.05) is 13.8 Å². The first-order valence-electron chi connectivity index (χ1n) is 6.03. The molecule has 0 atom stereocenters. The van der Waals surface area contributed by atoms with Crippen LogP contribution in [0, 0.1) is 5.92 Å². The summed E-state index contributed by atoms with van der Waals surface area (Å²) in [5.74, 6) is 0.710. The van der Waals surface area contributed by atoms with Gasteiger partial charge in [-0.3, -0.25) is 0 Å². The van der Waals surface area contributed by atoms with Crippen LogP contribution in [-0.2, 0) is 11.2 Å². The first kappa shape index (κ1) is 15.0. The molecule has 1 rings (SSSR count). The average Bonchev–Trinajstić information content (AvgIpc) is 2.30. The highest BCUT2D eigenvalue weighted by atomic mass is 79.9. The predicted octanol–water partition coefficient (Wildman–Crippen LogP) is 3.83. The van der Waals surface area contributed by atoms with E-state index in [1.807, 2.05) is 19.1 Å². The molecule has 0 saturated carbocycles. The van der Waals surface area contributed by atoms with Crippen LogP contribution in [0.1, 0.15) is 36.7 Å². The van der Waals surface area contributed by atoms with Crippen molar-refractivity contribution in [2.45, 2.75) is 27.2 Å². The number of hydrogen-bond donors (Lipinski definition) is 0. The number of rotatable bonds is 5. The van der Waals surface area contributed by atoms with Crippen molar-refractivity contribution in [3.8, 4) is 5.75 Å². The zero-order valence-electron chi connectivity index (χ0n) is 11.2. The maximum atomic E-state index is 11.8. The molecule has 1 aromatic carbocycles. The van der Waals surface area contributed by atoms with E-state index >= 15 is 0 Å². The number of hydrogen-bond acceptors (Lipinski definition) is 3. The third-order valence-corrected chi connectivity index (χ3v) is 3.03. The van der Waals surface area contributed by atoms with Crippen LogP contribution in [0.15, 0.2) is 16.6 Å². The molecule has 100 valence electrons. The molecule has 3 nitrogen and oxygen atoms in total. The minimum atomic E-state index is -0.371. The number of ether oxygens (including phenoxy) is 2. The van der Waals surface area contributed by atoms with Gasteiger partial charge < -0.3 is 9.47 Å². The van der Waals surface area contributed by atoms with Gasteiger partial charge in [0.15, 0.2) is 0 Å². The van der Waals surface area contributed by atoms with Gasteiger partial charge in [-0.25, -0.2) is 4.79 Å². The third kappa shape index (κ3) is 3.73. The monoisotopic (exact) mass is 314 g/mol. The number of benzene rings is 1. The Kier molecular flexibility index (Phi) is 5.66. The Labute approximate surface area is 117 Å². The summed E-state index contributed by atoms with van der Waals surface area (Å²) < 4.78 is 11.1. The van der Waals surface area contributed by atoms with Gasteiger partial charge in [0, 0.05) is 0 Å². The lowest BCUT2D eigenvalue weighted by Crippen LogP contribution is -2.08. The normalized spacial score (nSPS) is 10.6. The number of methoxy groups -OCH3 is 1. The Balaban J connectivity index is 3.23. The van der Waals surface area contributed by atoms with Crippen molar-refractivity contribution in [1.29, 1.82) is 0 Å². The molecule has 0 bridgehead atoms. The molecule has 0 saturated heterocycles. The van der Waals surface area contributed by atoms with Crippen molar-refractivity contribution in [3.05, 3.63) is 27.7 Å². The second-order valence-corrected chi connectivity index (χ2v) is 5.33. The quantitative estimate of drug-likeness (QED) is 0.775. The Bertz CT molecular complexity index is 427. The van der Waals surface area contributed by atoms with Gasteiger partial charge in [0.2, 0.25) is 0 Å². The van der Waals surface area contributed by atoms with E-state index in [2.05, 4.69) is 29.8 Å². The number of carbonyl (C=O) groups is 1. The highest BCUT2D eigenvalue weighted by molar-refractivity contribution is 9.10. The first-order chi connectivity index (χ1) is 8.49. The fourth-order valence-corrected chi connectivity index (χ4v) is 2.41. The van der Waals surface area contributed by atoms with Gasteiger partial charge in [0.25, 0.3) is 0 Å². The Hall–Kier alpha value is -1.03. The fraction of sp³-hybridized carbons (Fsp3) is 0.500. The molecule has 0 N–H and O–H groups in total. The van der Waals surface area contributed by atoms with Gasteiger partial charge in [-0.15, -0.1) is 0 Å². The van der Waals surface area contributed by atoms with Crippen LogP contribution in [-0.4, -0.2) is 19.7 Å². The Morgan fingerprint density at radius 3 is 2.56 bits per heavy atom. The van der Waals surface area contributed by atoms with Crippen molar-refractivity contribution in [2.75, 3.05) is 13.7 Å². The van der Waals surface area contributed by atoms with Gasteiger partial charge in [0.1, 0.15) is 11.3 Å². The smallest absolute Gasteiger partial charge is 0.341 e. The summed E-state index contributed by atoms with van der Waals surface area (Å²) in [6.07, 6.45) is 0.912. The average molecular weight is 315 g/mol. The molecule has 0 aliphatic carbocycles. The van der Waals surface area contributed by atoms with Crippen LogP contribution < -0.4 is 4.74 Å². The van der Waals surface area contributed by atoms with E-state index in [1.165, 1.54) is 7.11 Å². The third-order valence-electron chi connectivity index (χ3n) is 2.44. The molecule has 0 aliphatic heterocycles. The molecular formula is C14H19BrO3. The Morgan fingerprint density at radius 2 is 2.06 bits per heavy atom. The van der Waals surface area contributed by atoms with Crippen LogP contribution in [0.5, 0.6) is 5.75 Å². The van der Waals surface area contributed by atoms with Crippen molar-refractivity contribution >= 4 is 21.9 Å². The molecule has 0 aromatic heterocycles. The zero-order chi connectivity index (χ0) is 13.7. The number of halogens is 1. The largest absolute Gasteiger partial charge is 0.492 e. The van der Waals surface area contributed by atoms with E-state index < -0.39 is 0 Å². The fourth-order valence-electron chi connectivity index (χ4n) is 1.79. The van der Waals surface area contributed by atoms with Crippen LogP contribution >= 0.6 is 15.9 Å². The van der Waals surface area contributed by atoms with Crippen molar-refractivity contribution < 1.29 is 14.3 Å². The van der Waals surface area contributed by atoms with E-state index in [9.17, 15) is 4.79 Å². The Morgan fingerprint density at radius 1 is 1.39 bits per heavy atom. The van der Waals surface area contributed by atoms with Gasteiger partial charge >= 0.3 is 5.97 Å². The lowest BCUT2D eigenvalue weighted by Gasteiger charge is -2.14. The lowest BCUT2D eigenvalue weighted by atomic mass is 10.0. The highest BCUT2D eigenvalue weighted by Crippen LogP contribution is 2.32. The maximum Gasteiger partial charge on any atom is 0.341 e. The molecule has 4 heteroatoms. The van der Waals surface area contributed by atoms with Crippen LogP contribution in [0.3, 0.4) is 0 Å². The van der Waals surface area contributed by atoms with Gasteiger partial charge in [0.05, 0.1) is 18.2 Å². The molecule has 1 aromatic rings. The van der Waals surface area contributed by atoms with E-state index in [1.54, 1.807) is 0 Å². The van der Waals surface area contributed by atoms with Crippen LogP contribution in [0.4, 0.5) is 0 Å². The predicted molar refractivity (Wildman–Crippen MR) is 75.2 cm³/mol. The van der Waals surface area contributed by atoms with Crippen molar-refractivity contribution in [1.82, 2.24) is 0 Å². The standard InChI is InChI=1S/C14H19BrO3/c1-5-18-13-11(14(16)17-4)7-10(6-9(2)3)8-12(13)15/h7-9H,5-6H2,1-4H3. The summed E-state index contributed by atoms with van der Waals surface area (Å²) in [6, 6.07) is 3.85. The molecule has 0 fully saturated rings. The molecule has 0 unspecified atom stereocenters. The maximum absolute atomic E-state index is 11.8. The summed E-state index contributed by atoms with van der Waals surface area (Å²) in [5.41, 5.74) is 1.57. The minimum Gasteiger partial charge on any atom is -0.492 e. The summed E-state index contributed by atoms with van der Waals surface area (Å²) >= 11 is 3.45. The van der Waals surface area contributed by atoms with E-state index in [0.717, 1.165) is 16.5 Å². The van der Waals surface area contributed by atoms with Gasteiger partial charge in [-0.2, -0.15) is 0 Å². The van der Waals surface area contributed by atoms with E-state index in [4.69, 9.17) is 9.47 Å². The van der Waals surface area contributed by atoms with Gasteiger partial charge in [-0.05, 0) is 52.9 Å². The molecular weight excluding hydrogens is 296 g/mol. The summed E-state index contributed by atoms with van der Waals surface area (Å²) in [7, 11) is 1.38. The molecule has 18 heavy (non-hydrogen) atoms. The zero-order valence-corrected chi connectivity index (χ0v) is 12.8. The molecule has 0 aliphatic rings. The first-order valence-corrected chi connectivity index (χ1v) is 6.82. The van der Waals surface area contributed by atoms with Crippen LogP contribution in [0.2, 0.25) is 0 Å². The molecule has 0 amide bonds. The summed E-state index contributed by atoms with van der Waals surface area (Å²) in [6.45, 7) is 6.67. The minimum absolute atomic E-state index is 0.371. The SMILES string of the molecule is CCOc1c(Br)cc(CC(C)C)cc1C(=O)OC. The molecule has 0 radical (unpaired) electrons. The van der Waals surface area contributed by atoms with Crippen molar-refractivity contribution in [3.63, 3.8) is 0 Å². The summed E-state index contributed by atoms with van der Waals surface area (Å²) in [4.78, 5) is 11.8. The van der Waals surface area contributed by atoms with Crippen LogP contribution in [0.25, 0.3) is 0 Å². The highest BCUT2D eigenvalue weighted by Gasteiger charge is 2.18. The van der Waals surface area contributed by atoms with E-state index in [0.29, 0.717) is 23.8 Å². The number of carbonyl (C=O) groups excluding carboxylic acids is 1. The summed E-state index contributed by atoms with van der Waals surface area (Å²) in [5, 5.41) is 0.